The summed E-state index contributed by atoms with van der Waals surface area (Å²) in [7, 11) is 0. The third kappa shape index (κ3) is 4.64. The summed E-state index contributed by atoms with van der Waals surface area (Å²) in [5, 5.41) is 10.3. The molecule has 32 heavy (non-hydrogen) atoms. The number of carbonyl (C=O) groups is 2. The Labute approximate surface area is 217 Å². The molecule has 11 heteroatoms. The lowest BCUT2D eigenvalue weighted by Crippen LogP contribution is -2.48. The van der Waals surface area contributed by atoms with E-state index in [9.17, 15) is 14.7 Å². The second-order valence-corrected chi connectivity index (χ2v) is 9.34. The fourth-order valence-corrected chi connectivity index (χ4v) is 5.28. The predicted molar refractivity (Wildman–Crippen MR) is 128 cm³/mol. The summed E-state index contributed by atoms with van der Waals surface area (Å²) in [6.07, 6.45) is 0. The van der Waals surface area contributed by atoms with Crippen LogP contribution in [0.4, 0.5) is 0 Å². The smallest absolute Gasteiger partial charge is 0.338 e. The van der Waals surface area contributed by atoms with Crippen LogP contribution in [0.2, 0.25) is 35.2 Å². The molecular formula is C21H9Cl7O4. The number of benzene rings is 3. The van der Waals surface area contributed by atoms with Crippen LogP contribution in [0.15, 0.2) is 48.5 Å². The lowest BCUT2D eigenvalue weighted by atomic mass is 9.74. The Morgan fingerprint density at radius 2 is 1.22 bits per heavy atom. The Morgan fingerprint density at radius 1 is 0.719 bits per heavy atom. The topological polar surface area (TPSA) is 63.6 Å². The maximum Gasteiger partial charge on any atom is 0.338 e. The maximum absolute atomic E-state index is 13.6. The molecule has 3 rings (SSSR count). The Balaban J connectivity index is 2.35. The van der Waals surface area contributed by atoms with E-state index < -0.39 is 17.4 Å². The van der Waals surface area contributed by atoms with E-state index in [4.69, 9.17) is 85.9 Å². The van der Waals surface area contributed by atoms with Crippen molar-refractivity contribution in [1.82, 2.24) is 0 Å². The van der Waals surface area contributed by atoms with Crippen LogP contribution in [0.5, 0.6) is 5.75 Å². The zero-order valence-electron chi connectivity index (χ0n) is 15.4. The van der Waals surface area contributed by atoms with Gasteiger partial charge in [-0.25, -0.2) is 4.79 Å². The molecule has 3 aromatic rings. The number of carbonyl (C=O) groups excluding carboxylic acids is 1. The van der Waals surface area contributed by atoms with E-state index in [0.29, 0.717) is 0 Å². The first-order chi connectivity index (χ1) is 15.0. The number of carboxylic acids is 1. The van der Waals surface area contributed by atoms with Crippen LogP contribution in [0.1, 0.15) is 11.1 Å². The van der Waals surface area contributed by atoms with Crippen LogP contribution in [-0.4, -0.2) is 17.0 Å². The lowest BCUT2D eigenvalue weighted by Gasteiger charge is -2.30. The minimum absolute atomic E-state index is 0.0742. The molecule has 0 spiro atoms. The normalized spacial score (nSPS) is 12.8. The van der Waals surface area contributed by atoms with Gasteiger partial charge >= 0.3 is 11.9 Å². The van der Waals surface area contributed by atoms with Gasteiger partial charge in [0.25, 0.3) is 0 Å². The molecule has 0 saturated carbocycles. The van der Waals surface area contributed by atoms with Crippen LogP contribution in [0.3, 0.4) is 0 Å². The zero-order valence-corrected chi connectivity index (χ0v) is 20.7. The molecule has 0 aliphatic rings. The van der Waals surface area contributed by atoms with E-state index in [1.807, 2.05) is 0 Å². The second kappa shape index (κ2) is 9.86. The molecule has 0 bridgehead atoms. The van der Waals surface area contributed by atoms with Gasteiger partial charge in [0.05, 0.1) is 10.0 Å². The molecule has 1 unspecified atom stereocenters. The first-order valence-electron chi connectivity index (χ1n) is 8.49. The van der Waals surface area contributed by atoms with Crippen molar-refractivity contribution in [2.75, 3.05) is 0 Å². The van der Waals surface area contributed by atoms with Crippen molar-refractivity contribution in [2.24, 2.45) is 0 Å². The molecule has 0 fully saturated rings. The Hall–Kier alpha value is -1.37. The van der Waals surface area contributed by atoms with Crippen molar-refractivity contribution < 1.29 is 19.4 Å². The maximum atomic E-state index is 13.6. The van der Waals surface area contributed by atoms with Gasteiger partial charge in [-0.05, 0) is 42.0 Å². The van der Waals surface area contributed by atoms with E-state index in [1.54, 1.807) is 0 Å². The van der Waals surface area contributed by atoms with Crippen LogP contribution in [-0.2, 0) is 15.0 Å². The summed E-state index contributed by atoms with van der Waals surface area (Å²) in [5.74, 6) is -3.24. The van der Waals surface area contributed by atoms with Crippen molar-refractivity contribution in [3.63, 3.8) is 0 Å². The molecule has 0 heterocycles. The summed E-state index contributed by atoms with van der Waals surface area (Å²) < 4.78 is 5.41. The molecule has 0 aromatic heterocycles. The van der Waals surface area contributed by atoms with Gasteiger partial charge in [0, 0.05) is 30.7 Å². The van der Waals surface area contributed by atoms with Gasteiger partial charge in [-0.1, -0.05) is 93.3 Å². The van der Waals surface area contributed by atoms with E-state index in [-0.39, 0.29) is 52.0 Å². The first-order valence-corrected chi connectivity index (χ1v) is 11.1. The third-order valence-corrected chi connectivity index (χ3v) is 6.25. The molecule has 1 N–H and O–H groups in total. The molecule has 166 valence electrons. The number of hydrogen-bond acceptors (Lipinski definition) is 3. The monoisotopic (exact) mass is 570 g/mol. The Kier molecular flexibility index (Phi) is 7.78. The van der Waals surface area contributed by atoms with Crippen molar-refractivity contribution in [2.45, 2.75) is 5.41 Å². The zero-order chi connectivity index (χ0) is 23.8. The summed E-state index contributed by atoms with van der Waals surface area (Å²) >= 11 is 42.9. The molecule has 0 saturated heterocycles. The fraction of sp³-hybridized carbons (Fsp3) is 0.0476. The van der Waals surface area contributed by atoms with Gasteiger partial charge in [0.15, 0.2) is 5.75 Å². The standard InChI is InChI=1S/C21H9Cl7O4/c22-10-3-1-2-9(4-10)21(19(29)30,17-13(25)5-11(23)6-14(17)26)20(31)32-18-15(27)7-12(24)8-16(18)28/h1-8H,(H,29,30). The molecule has 0 amide bonds. The highest BCUT2D eigenvalue weighted by Crippen LogP contribution is 2.45. The van der Waals surface area contributed by atoms with Gasteiger partial charge in [-0.15, -0.1) is 0 Å². The molecule has 1 atom stereocenters. The van der Waals surface area contributed by atoms with Crippen molar-refractivity contribution in [3.8, 4) is 5.75 Å². The van der Waals surface area contributed by atoms with E-state index in [2.05, 4.69) is 0 Å². The highest BCUT2D eigenvalue weighted by atomic mass is 35.5. The summed E-state index contributed by atoms with van der Waals surface area (Å²) in [5.41, 5.74) is -2.91. The Bertz CT molecular complexity index is 1200. The summed E-state index contributed by atoms with van der Waals surface area (Å²) in [6, 6.07) is 10.7. The first kappa shape index (κ1) is 25.3. The lowest BCUT2D eigenvalue weighted by molar-refractivity contribution is -0.153. The summed E-state index contributed by atoms with van der Waals surface area (Å²) in [6.45, 7) is 0. The SMILES string of the molecule is O=C(O)C(C(=O)Oc1c(Cl)cc(Cl)cc1Cl)(c1cccc(Cl)c1)c1c(Cl)cc(Cl)cc1Cl. The van der Waals surface area contributed by atoms with Crippen LogP contribution in [0, 0.1) is 0 Å². The number of ether oxygens (including phenoxy) is 1. The predicted octanol–water partition coefficient (Wildman–Crippen LogP) is 8.24. The minimum Gasteiger partial charge on any atom is -0.480 e. The number of halogens is 7. The number of carboxylic acid groups (broad SMARTS) is 1. The largest absolute Gasteiger partial charge is 0.480 e. The number of aliphatic carboxylic acids is 1. The molecular weight excluding hydrogens is 564 g/mol. The average Bonchev–Trinajstić information content (AvgIpc) is 2.66. The molecule has 4 nitrogen and oxygen atoms in total. The summed E-state index contributed by atoms with van der Waals surface area (Å²) in [4.78, 5) is 26.4. The van der Waals surface area contributed by atoms with Gasteiger partial charge in [-0.3, -0.25) is 4.79 Å². The molecule has 3 aromatic carbocycles. The van der Waals surface area contributed by atoms with Gasteiger partial charge in [0.2, 0.25) is 5.41 Å². The highest BCUT2D eigenvalue weighted by molar-refractivity contribution is 6.42. The number of hydrogen-bond donors (Lipinski definition) is 1. The van der Waals surface area contributed by atoms with E-state index in [0.717, 1.165) is 0 Å². The van der Waals surface area contributed by atoms with Gasteiger partial charge in [-0.2, -0.15) is 0 Å². The van der Waals surface area contributed by atoms with Crippen molar-refractivity contribution >= 4 is 93.1 Å². The van der Waals surface area contributed by atoms with Gasteiger partial charge in [0.1, 0.15) is 0 Å². The van der Waals surface area contributed by atoms with Crippen LogP contribution in [0.25, 0.3) is 0 Å². The van der Waals surface area contributed by atoms with E-state index >= 15 is 0 Å². The molecule has 0 aliphatic carbocycles. The van der Waals surface area contributed by atoms with E-state index in [1.165, 1.54) is 48.5 Å². The fourth-order valence-electron chi connectivity index (χ4n) is 3.10. The Morgan fingerprint density at radius 3 is 1.69 bits per heavy atom. The number of esters is 1. The minimum atomic E-state index is -2.56. The highest BCUT2D eigenvalue weighted by Gasteiger charge is 2.54. The van der Waals surface area contributed by atoms with Crippen molar-refractivity contribution in [1.29, 1.82) is 0 Å². The molecule has 0 aliphatic heterocycles. The van der Waals surface area contributed by atoms with Crippen molar-refractivity contribution in [3.05, 3.63) is 94.8 Å². The average molecular weight is 573 g/mol. The number of rotatable bonds is 5. The quantitative estimate of drug-likeness (QED) is 0.190. The second-order valence-electron chi connectivity index (χ2n) is 6.40. The van der Waals surface area contributed by atoms with Crippen LogP contribution >= 0.6 is 81.2 Å². The van der Waals surface area contributed by atoms with Gasteiger partial charge < -0.3 is 9.84 Å². The third-order valence-electron chi connectivity index (χ3n) is 4.42. The molecule has 0 radical (unpaired) electrons. The van der Waals surface area contributed by atoms with Crippen LogP contribution < -0.4 is 4.74 Å².